The van der Waals surface area contributed by atoms with Crippen molar-refractivity contribution in [3.63, 3.8) is 0 Å². The van der Waals surface area contributed by atoms with Crippen LogP contribution in [-0.4, -0.2) is 31.1 Å². The second-order valence-electron chi connectivity index (χ2n) is 7.48. The smallest absolute Gasteiger partial charge is 0.232 e. The van der Waals surface area contributed by atoms with Crippen molar-refractivity contribution in [2.45, 2.75) is 44.1 Å². The average molecular weight is 330 g/mol. The Morgan fingerprint density at radius 3 is 2.78 bits per heavy atom. The number of aromatic nitrogens is 5. The van der Waals surface area contributed by atoms with Gasteiger partial charge in [0.25, 0.3) is 0 Å². The van der Waals surface area contributed by atoms with Gasteiger partial charge in [-0.05, 0) is 55.6 Å². The van der Waals surface area contributed by atoms with Gasteiger partial charge in [-0.3, -0.25) is 4.79 Å². The molecule has 6 rings (SSSR count). The highest BCUT2D eigenvalue weighted by Gasteiger charge is 2.62. The van der Waals surface area contributed by atoms with Gasteiger partial charge in [0.2, 0.25) is 5.91 Å². The van der Waals surface area contributed by atoms with Crippen molar-refractivity contribution in [1.29, 1.82) is 0 Å². The molecular formula is C15H18N6OS. The molecule has 2 unspecified atom stereocenters. The molecule has 120 valence electrons. The summed E-state index contributed by atoms with van der Waals surface area (Å²) >= 11 is 1.47. The zero-order chi connectivity index (χ0) is 15.5. The fraction of sp³-hybridized carbons (Fsp3) is 0.667. The van der Waals surface area contributed by atoms with E-state index in [0.717, 1.165) is 32.1 Å². The molecule has 2 heterocycles. The van der Waals surface area contributed by atoms with Crippen LogP contribution in [0.4, 0.5) is 5.13 Å². The number of carbonyl (C=O) groups is 1. The van der Waals surface area contributed by atoms with E-state index in [1.54, 1.807) is 11.0 Å². The summed E-state index contributed by atoms with van der Waals surface area (Å²) in [5.41, 5.74) is -0.426. The third-order valence-corrected chi connectivity index (χ3v) is 6.63. The predicted octanol–water partition coefficient (Wildman–Crippen LogP) is 2.06. The maximum Gasteiger partial charge on any atom is 0.232 e. The van der Waals surface area contributed by atoms with Crippen molar-refractivity contribution in [2.75, 3.05) is 5.32 Å². The lowest BCUT2D eigenvalue weighted by Gasteiger charge is -2.60. The van der Waals surface area contributed by atoms with Crippen molar-refractivity contribution < 1.29 is 4.79 Å². The number of anilines is 1. The number of nitrogens with one attached hydrogen (secondary N) is 1. The van der Waals surface area contributed by atoms with Gasteiger partial charge in [0.1, 0.15) is 0 Å². The molecule has 2 atom stereocenters. The van der Waals surface area contributed by atoms with Gasteiger partial charge in [-0.1, -0.05) is 0 Å². The van der Waals surface area contributed by atoms with E-state index in [9.17, 15) is 4.79 Å². The fourth-order valence-electron chi connectivity index (χ4n) is 5.61. The number of amides is 1. The molecule has 4 bridgehead atoms. The first kappa shape index (κ1) is 13.6. The van der Waals surface area contributed by atoms with Crippen molar-refractivity contribution >= 4 is 22.4 Å². The molecular weight excluding hydrogens is 312 g/mol. The molecule has 2 aromatic heterocycles. The molecule has 7 nitrogen and oxygen atoms in total. The topological polar surface area (TPSA) is 85.6 Å². The Bertz CT molecular complexity index is 713. The molecule has 0 aromatic carbocycles. The zero-order valence-electron chi connectivity index (χ0n) is 12.7. The van der Waals surface area contributed by atoms with Crippen LogP contribution < -0.4 is 5.32 Å². The maximum atomic E-state index is 13.1. The summed E-state index contributed by atoms with van der Waals surface area (Å²) in [6.07, 6.45) is 9.40. The Morgan fingerprint density at radius 1 is 1.30 bits per heavy atom. The van der Waals surface area contributed by atoms with Gasteiger partial charge < -0.3 is 5.32 Å². The summed E-state index contributed by atoms with van der Waals surface area (Å²) < 4.78 is 0. The standard InChI is InChI=1S/C15H18N6OS/c22-12(19-13-16-1-2-23-13)14-4-10-3-11(5-14)7-15(6-10,8-14)21-18-9-17-20-21/h1-2,9-11H,3-8H2,(H,16,19,22). The highest BCUT2D eigenvalue weighted by Crippen LogP contribution is 2.64. The lowest BCUT2D eigenvalue weighted by atomic mass is 9.46. The lowest BCUT2D eigenvalue weighted by molar-refractivity contribution is -0.152. The number of rotatable bonds is 3. The van der Waals surface area contributed by atoms with Crippen LogP contribution in [0, 0.1) is 17.3 Å². The molecule has 4 aliphatic rings. The normalized spacial score (nSPS) is 37.9. The molecule has 4 aliphatic carbocycles. The second-order valence-corrected chi connectivity index (χ2v) is 8.38. The van der Waals surface area contributed by atoms with Gasteiger partial charge in [0, 0.05) is 11.6 Å². The second kappa shape index (κ2) is 4.59. The Hall–Kier alpha value is -1.83. The highest BCUT2D eigenvalue weighted by atomic mass is 32.1. The first-order chi connectivity index (χ1) is 11.2. The number of nitrogens with zero attached hydrogens (tertiary/aromatic N) is 5. The molecule has 1 amide bonds. The number of carbonyl (C=O) groups excluding carboxylic acids is 1. The maximum absolute atomic E-state index is 13.1. The number of tetrazole rings is 1. The summed E-state index contributed by atoms with van der Waals surface area (Å²) in [4.78, 5) is 19.1. The molecule has 4 fully saturated rings. The van der Waals surface area contributed by atoms with E-state index in [2.05, 4.69) is 25.7 Å². The molecule has 1 N–H and O–H groups in total. The quantitative estimate of drug-likeness (QED) is 0.931. The molecule has 2 aromatic rings. The van der Waals surface area contributed by atoms with Crippen LogP contribution in [-0.2, 0) is 10.3 Å². The minimum absolute atomic E-state index is 0.124. The van der Waals surface area contributed by atoms with Crippen LogP contribution in [0.5, 0.6) is 0 Å². The number of hydrogen-bond acceptors (Lipinski definition) is 6. The average Bonchev–Trinajstić information content (AvgIpc) is 3.19. The van der Waals surface area contributed by atoms with E-state index in [4.69, 9.17) is 0 Å². The molecule has 0 spiro atoms. The van der Waals surface area contributed by atoms with Gasteiger partial charge in [0.15, 0.2) is 11.5 Å². The van der Waals surface area contributed by atoms with E-state index in [1.165, 1.54) is 24.1 Å². The first-order valence-electron chi connectivity index (χ1n) is 8.12. The van der Waals surface area contributed by atoms with Crippen LogP contribution in [0.2, 0.25) is 0 Å². The summed E-state index contributed by atoms with van der Waals surface area (Å²) in [5.74, 6) is 1.31. The first-order valence-corrected chi connectivity index (χ1v) is 9.00. The molecule has 4 saturated carbocycles. The van der Waals surface area contributed by atoms with Crippen LogP contribution in [0.3, 0.4) is 0 Å². The van der Waals surface area contributed by atoms with Crippen LogP contribution >= 0.6 is 11.3 Å². The third-order valence-electron chi connectivity index (χ3n) is 5.94. The van der Waals surface area contributed by atoms with E-state index in [1.807, 2.05) is 5.38 Å². The Labute approximate surface area is 137 Å². The summed E-state index contributed by atoms with van der Waals surface area (Å²) in [5, 5.41) is 18.0. The van der Waals surface area contributed by atoms with Crippen molar-refractivity contribution in [3.8, 4) is 0 Å². The zero-order valence-corrected chi connectivity index (χ0v) is 13.5. The van der Waals surface area contributed by atoms with E-state index in [-0.39, 0.29) is 16.9 Å². The monoisotopic (exact) mass is 330 g/mol. The fourth-order valence-corrected chi connectivity index (χ4v) is 6.14. The minimum atomic E-state index is -0.302. The van der Waals surface area contributed by atoms with Crippen molar-refractivity contribution in [1.82, 2.24) is 25.2 Å². The van der Waals surface area contributed by atoms with Gasteiger partial charge in [-0.2, -0.15) is 4.80 Å². The van der Waals surface area contributed by atoms with Gasteiger partial charge >= 0.3 is 0 Å². The van der Waals surface area contributed by atoms with Crippen molar-refractivity contribution in [2.24, 2.45) is 17.3 Å². The number of hydrogen-bond donors (Lipinski definition) is 1. The predicted molar refractivity (Wildman–Crippen MR) is 83.6 cm³/mol. The van der Waals surface area contributed by atoms with Crippen LogP contribution in [0.1, 0.15) is 38.5 Å². The summed E-state index contributed by atoms with van der Waals surface area (Å²) in [6, 6.07) is 0. The van der Waals surface area contributed by atoms with E-state index >= 15 is 0 Å². The highest BCUT2D eigenvalue weighted by molar-refractivity contribution is 7.13. The molecule has 23 heavy (non-hydrogen) atoms. The summed E-state index contributed by atoms with van der Waals surface area (Å²) in [7, 11) is 0. The van der Waals surface area contributed by atoms with Crippen LogP contribution in [0.25, 0.3) is 0 Å². The van der Waals surface area contributed by atoms with Crippen LogP contribution in [0.15, 0.2) is 17.9 Å². The van der Waals surface area contributed by atoms with E-state index in [0.29, 0.717) is 17.0 Å². The van der Waals surface area contributed by atoms with Gasteiger partial charge in [-0.25, -0.2) is 4.98 Å². The minimum Gasteiger partial charge on any atom is -0.301 e. The SMILES string of the molecule is O=C(Nc1nccs1)C12CC3CC(C1)CC(n1ncnn1)(C3)C2. The molecule has 8 heteroatoms. The van der Waals surface area contributed by atoms with Gasteiger partial charge in [-0.15, -0.1) is 21.5 Å². The number of thiazole rings is 1. The van der Waals surface area contributed by atoms with E-state index < -0.39 is 0 Å². The molecule has 0 radical (unpaired) electrons. The third kappa shape index (κ3) is 1.97. The lowest BCUT2D eigenvalue weighted by Crippen LogP contribution is -2.60. The Morgan fingerprint density at radius 2 is 2.13 bits per heavy atom. The van der Waals surface area contributed by atoms with Crippen molar-refractivity contribution in [3.05, 3.63) is 17.9 Å². The molecule has 0 saturated heterocycles. The largest absolute Gasteiger partial charge is 0.301 e. The van der Waals surface area contributed by atoms with Gasteiger partial charge in [0.05, 0.1) is 11.0 Å². The summed E-state index contributed by atoms with van der Waals surface area (Å²) in [6.45, 7) is 0. The molecule has 0 aliphatic heterocycles. The Balaban J connectivity index is 1.50. The Kier molecular flexibility index (Phi) is 2.72.